The summed E-state index contributed by atoms with van der Waals surface area (Å²) in [6.45, 7) is 9.72. The van der Waals surface area contributed by atoms with Crippen molar-refractivity contribution in [3.63, 3.8) is 0 Å². The summed E-state index contributed by atoms with van der Waals surface area (Å²) >= 11 is 0. The van der Waals surface area contributed by atoms with Gasteiger partial charge in [0.05, 0.1) is 5.92 Å². The Balaban J connectivity index is 1.82. The van der Waals surface area contributed by atoms with E-state index in [4.69, 9.17) is 4.74 Å². The van der Waals surface area contributed by atoms with Gasteiger partial charge in [-0.15, -0.1) is 0 Å². The number of hydrogen-bond donors (Lipinski definition) is 0. The highest BCUT2D eigenvalue weighted by Gasteiger charge is 2.53. The van der Waals surface area contributed by atoms with Crippen LogP contribution in [0.2, 0.25) is 0 Å². The van der Waals surface area contributed by atoms with Gasteiger partial charge in [-0.1, -0.05) is 58.0 Å². The van der Waals surface area contributed by atoms with E-state index in [2.05, 4.69) is 4.99 Å². The summed E-state index contributed by atoms with van der Waals surface area (Å²) in [4.78, 5) is 43.4. The molecule has 0 radical (unpaired) electrons. The molecule has 158 valence electrons. The molecule has 1 aromatic carbocycles. The SMILES string of the molecule is CC1(C)CC(=O)C(=NC2(C)OC3=C(C(=O)CC(C)(C)C3)C2c2ccccc2)C(=O)C1. The average molecular weight is 408 g/mol. The predicted molar refractivity (Wildman–Crippen MR) is 114 cm³/mol. The van der Waals surface area contributed by atoms with Gasteiger partial charge in [-0.3, -0.25) is 14.4 Å². The monoisotopic (exact) mass is 407 g/mol. The van der Waals surface area contributed by atoms with E-state index >= 15 is 0 Å². The summed E-state index contributed by atoms with van der Waals surface area (Å²) in [7, 11) is 0. The molecule has 0 spiro atoms. The van der Waals surface area contributed by atoms with E-state index in [9.17, 15) is 14.4 Å². The summed E-state index contributed by atoms with van der Waals surface area (Å²) in [5.41, 5.74) is -0.243. The van der Waals surface area contributed by atoms with Crippen LogP contribution in [0.4, 0.5) is 0 Å². The van der Waals surface area contributed by atoms with E-state index in [1.807, 2.05) is 58.0 Å². The van der Waals surface area contributed by atoms with E-state index in [1.165, 1.54) is 0 Å². The van der Waals surface area contributed by atoms with E-state index in [-0.39, 0.29) is 46.7 Å². The van der Waals surface area contributed by atoms with Crippen molar-refractivity contribution in [1.29, 1.82) is 0 Å². The second-order valence-electron chi connectivity index (χ2n) is 10.6. The molecule has 5 heteroatoms. The van der Waals surface area contributed by atoms with Crippen molar-refractivity contribution in [2.24, 2.45) is 15.8 Å². The van der Waals surface area contributed by atoms with Crippen LogP contribution in [0.15, 0.2) is 46.7 Å². The minimum atomic E-state index is -1.20. The van der Waals surface area contributed by atoms with Crippen LogP contribution in [0.5, 0.6) is 0 Å². The molecule has 1 aromatic rings. The molecular weight excluding hydrogens is 378 g/mol. The van der Waals surface area contributed by atoms with Gasteiger partial charge in [0, 0.05) is 31.3 Å². The number of allylic oxidation sites excluding steroid dienone is 1. The zero-order valence-corrected chi connectivity index (χ0v) is 18.4. The lowest BCUT2D eigenvalue weighted by molar-refractivity contribution is -0.123. The highest BCUT2D eigenvalue weighted by Crippen LogP contribution is 2.53. The lowest BCUT2D eigenvalue weighted by Gasteiger charge is -2.32. The fraction of sp³-hybridized carbons (Fsp3) is 0.520. The van der Waals surface area contributed by atoms with Crippen LogP contribution in [0.25, 0.3) is 0 Å². The maximum Gasteiger partial charge on any atom is 0.208 e. The van der Waals surface area contributed by atoms with Crippen molar-refractivity contribution in [3.05, 3.63) is 47.2 Å². The molecule has 5 nitrogen and oxygen atoms in total. The number of benzene rings is 1. The standard InChI is InChI=1S/C25H29NO4/c1-23(2)12-17(28)22(18(29)13-23)26-25(5)21(15-9-7-6-8-10-15)20-16(27)11-24(3,4)14-19(20)30-25/h6-10,21H,11-14H2,1-5H3. The third-order valence-electron chi connectivity index (χ3n) is 6.31. The first kappa shape index (κ1) is 20.7. The highest BCUT2D eigenvalue weighted by atomic mass is 16.5. The Labute approximate surface area is 177 Å². The van der Waals surface area contributed by atoms with Crippen LogP contribution in [0, 0.1) is 10.8 Å². The van der Waals surface area contributed by atoms with Crippen molar-refractivity contribution in [2.75, 3.05) is 0 Å². The number of Topliss-reactive ketones (excluding diaryl/α,β-unsaturated/α-hetero) is 3. The van der Waals surface area contributed by atoms with E-state index in [1.54, 1.807) is 6.92 Å². The van der Waals surface area contributed by atoms with Crippen molar-refractivity contribution in [2.45, 2.75) is 71.9 Å². The maximum atomic E-state index is 13.1. The molecule has 2 aliphatic carbocycles. The third kappa shape index (κ3) is 3.55. The van der Waals surface area contributed by atoms with E-state index < -0.39 is 11.6 Å². The molecule has 3 aliphatic rings. The summed E-state index contributed by atoms with van der Waals surface area (Å²) < 4.78 is 6.34. The van der Waals surface area contributed by atoms with Gasteiger partial charge in [0.15, 0.2) is 17.3 Å². The number of carbonyl (C=O) groups excluding carboxylic acids is 3. The Morgan fingerprint density at radius 2 is 1.33 bits per heavy atom. The topological polar surface area (TPSA) is 72.8 Å². The minimum Gasteiger partial charge on any atom is -0.469 e. The van der Waals surface area contributed by atoms with Crippen LogP contribution in [0.1, 0.15) is 71.8 Å². The van der Waals surface area contributed by atoms with Crippen molar-refractivity contribution in [1.82, 2.24) is 0 Å². The van der Waals surface area contributed by atoms with E-state index in [0.717, 1.165) is 5.56 Å². The smallest absolute Gasteiger partial charge is 0.208 e. The van der Waals surface area contributed by atoms with Crippen molar-refractivity contribution >= 4 is 23.1 Å². The molecule has 0 aromatic heterocycles. The van der Waals surface area contributed by atoms with E-state index in [0.29, 0.717) is 24.2 Å². The van der Waals surface area contributed by atoms with Gasteiger partial charge in [0.25, 0.3) is 0 Å². The third-order valence-corrected chi connectivity index (χ3v) is 6.31. The number of aliphatic imine (C=N–C) groups is 1. The molecule has 1 aliphatic heterocycles. The first-order valence-corrected chi connectivity index (χ1v) is 10.6. The van der Waals surface area contributed by atoms with Gasteiger partial charge < -0.3 is 4.74 Å². The Hall–Kier alpha value is -2.56. The van der Waals surface area contributed by atoms with Crippen molar-refractivity contribution in [3.8, 4) is 0 Å². The first-order chi connectivity index (χ1) is 13.9. The van der Waals surface area contributed by atoms with Crippen molar-refractivity contribution < 1.29 is 19.1 Å². The molecule has 1 fully saturated rings. The van der Waals surface area contributed by atoms with Gasteiger partial charge in [-0.05, 0) is 23.3 Å². The number of nitrogens with zero attached hydrogens (tertiary/aromatic N) is 1. The molecule has 1 heterocycles. The Morgan fingerprint density at radius 1 is 0.800 bits per heavy atom. The van der Waals surface area contributed by atoms with Gasteiger partial charge in [0.1, 0.15) is 11.5 Å². The molecule has 2 unspecified atom stereocenters. The molecule has 4 rings (SSSR count). The number of hydrogen-bond acceptors (Lipinski definition) is 5. The first-order valence-electron chi connectivity index (χ1n) is 10.6. The van der Waals surface area contributed by atoms with Gasteiger partial charge in [0.2, 0.25) is 5.72 Å². The zero-order valence-electron chi connectivity index (χ0n) is 18.4. The Morgan fingerprint density at radius 3 is 1.93 bits per heavy atom. The molecule has 1 saturated carbocycles. The number of ether oxygens (including phenoxy) is 1. The highest BCUT2D eigenvalue weighted by molar-refractivity contribution is 6.67. The fourth-order valence-corrected chi connectivity index (χ4v) is 5.08. The lowest BCUT2D eigenvalue weighted by atomic mass is 9.72. The van der Waals surface area contributed by atoms with Crippen LogP contribution in [0.3, 0.4) is 0 Å². The molecule has 0 saturated heterocycles. The number of ketones is 3. The van der Waals surface area contributed by atoms with Crippen LogP contribution in [-0.2, 0) is 19.1 Å². The quantitative estimate of drug-likeness (QED) is 0.720. The van der Waals surface area contributed by atoms with Crippen LogP contribution in [-0.4, -0.2) is 28.8 Å². The van der Waals surface area contributed by atoms with Crippen LogP contribution < -0.4 is 0 Å². The summed E-state index contributed by atoms with van der Waals surface area (Å²) in [5, 5.41) is 0. The second-order valence-corrected chi connectivity index (χ2v) is 10.6. The lowest BCUT2D eigenvalue weighted by Crippen LogP contribution is -2.41. The Kier molecular flexibility index (Phi) is 4.64. The fourth-order valence-electron chi connectivity index (χ4n) is 5.08. The van der Waals surface area contributed by atoms with Gasteiger partial charge >= 0.3 is 0 Å². The molecule has 0 N–H and O–H groups in total. The zero-order chi connectivity index (χ0) is 21.9. The minimum absolute atomic E-state index is 0.0238. The molecular formula is C25H29NO4. The molecule has 0 bridgehead atoms. The van der Waals surface area contributed by atoms with Gasteiger partial charge in [-0.2, -0.15) is 0 Å². The largest absolute Gasteiger partial charge is 0.469 e. The van der Waals surface area contributed by atoms with Gasteiger partial charge in [-0.25, -0.2) is 4.99 Å². The Bertz CT molecular complexity index is 977. The summed E-state index contributed by atoms with van der Waals surface area (Å²) in [6, 6.07) is 9.64. The maximum absolute atomic E-state index is 13.1. The average Bonchev–Trinajstić information content (AvgIpc) is 2.89. The number of rotatable bonds is 2. The predicted octanol–water partition coefficient (Wildman–Crippen LogP) is 4.56. The molecule has 30 heavy (non-hydrogen) atoms. The number of carbonyl (C=O) groups is 3. The summed E-state index contributed by atoms with van der Waals surface area (Å²) in [5.74, 6) is -0.233. The normalized spacial score (nSPS) is 30.2. The van der Waals surface area contributed by atoms with Crippen LogP contribution >= 0.6 is 0 Å². The molecule has 2 atom stereocenters. The molecule has 0 amide bonds. The summed E-state index contributed by atoms with van der Waals surface area (Å²) in [6.07, 6.45) is 1.63. The second kappa shape index (κ2) is 6.73.